The number of hydrogen-bond donors (Lipinski definition) is 0. The van der Waals surface area contributed by atoms with Crippen LogP contribution < -0.4 is 0 Å². The van der Waals surface area contributed by atoms with Gasteiger partial charge in [0.25, 0.3) is 0 Å². The van der Waals surface area contributed by atoms with Gasteiger partial charge in [-0.1, -0.05) is 20.3 Å². The number of aryl methyl sites for hydroxylation is 3. The molecule has 2 rings (SSSR count). The maximum absolute atomic E-state index is 5.94. The van der Waals surface area contributed by atoms with Crippen molar-refractivity contribution in [2.24, 2.45) is 13.0 Å². The van der Waals surface area contributed by atoms with Gasteiger partial charge in [0.05, 0.1) is 12.3 Å². The van der Waals surface area contributed by atoms with E-state index in [1.807, 2.05) is 11.7 Å². The van der Waals surface area contributed by atoms with Crippen molar-refractivity contribution >= 4 is 22.8 Å². The number of fused-ring (bicyclic) bond motifs is 1. The number of imidazole rings is 1. The minimum absolute atomic E-state index is 0.422. The van der Waals surface area contributed by atoms with E-state index in [-0.39, 0.29) is 0 Å². The van der Waals surface area contributed by atoms with Gasteiger partial charge in [0.2, 0.25) is 0 Å². The highest BCUT2D eigenvalue weighted by Crippen LogP contribution is 2.22. The van der Waals surface area contributed by atoms with E-state index in [4.69, 9.17) is 21.3 Å². The highest BCUT2D eigenvalue weighted by Gasteiger charge is 2.19. The molecule has 2 aromatic heterocycles. The van der Waals surface area contributed by atoms with Crippen molar-refractivity contribution in [3.63, 3.8) is 0 Å². The molecule has 0 aromatic carbocycles. The quantitative estimate of drug-likeness (QED) is 0.704. The van der Waals surface area contributed by atoms with Crippen LogP contribution in [0, 0.1) is 5.92 Å². The number of hydrogen-bond acceptors (Lipinski definition) is 3. The summed E-state index contributed by atoms with van der Waals surface area (Å²) >= 11 is 5.94. The van der Waals surface area contributed by atoms with Crippen LogP contribution in [0.4, 0.5) is 0 Å². The lowest BCUT2D eigenvalue weighted by molar-refractivity contribution is 0.151. The van der Waals surface area contributed by atoms with E-state index in [0.29, 0.717) is 11.8 Å². The molecule has 21 heavy (non-hydrogen) atoms. The van der Waals surface area contributed by atoms with E-state index in [9.17, 15) is 0 Å². The molecule has 0 saturated heterocycles. The van der Waals surface area contributed by atoms with Crippen molar-refractivity contribution in [2.45, 2.75) is 39.7 Å². The van der Waals surface area contributed by atoms with Crippen molar-refractivity contribution in [1.29, 1.82) is 0 Å². The third-order valence-electron chi connectivity index (χ3n) is 3.62. The fraction of sp³-hybridized carbons (Fsp3) is 0.733. The molecule has 0 N–H and O–H groups in total. The Labute approximate surface area is 131 Å². The summed E-state index contributed by atoms with van der Waals surface area (Å²) in [6.45, 7) is 5.96. The first-order valence-electron chi connectivity index (χ1n) is 7.58. The van der Waals surface area contributed by atoms with E-state index >= 15 is 0 Å². The standard InChI is InChI=1S/C15H25ClN4O/c1-5-6-12-14-15(19(3)18-12)20(9-11(2)10-21-4)13(17-14)7-8-16/h11H,5-10H2,1-4H3. The van der Waals surface area contributed by atoms with Gasteiger partial charge in [0.1, 0.15) is 11.3 Å². The van der Waals surface area contributed by atoms with Crippen molar-refractivity contribution in [3.8, 4) is 0 Å². The number of alkyl halides is 1. The number of rotatable bonds is 8. The Balaban J connectivity index is 2.46. The number of aromatic nitrogens is 4. The summed E-state index contributed by atoms with van der Waals surface area (Å²) in [7, 11) is 3.73. The fourth-order valence-electron chi connectivity index (χ4n) is 2.81. The van der Waals surface area contributed by atoms with Crippen molar-refractivity contribution in [3.05, 3.63) is 11.5 Å². The largest absolute Gasteiger partial charge is 0.384 e. The molecule has 0 fully saturated rings. The van der Waals surface area contributed by atoms with Gasteiger partial charge in [-0.3, -0.25) is 4.68 Å². The molecule has 1 unspecified atom stereocenters. The lowest BCUT2D eigenvalue weighted by Crippen LogP contribution is -2.16. The lowest BCUT2D eigenvalue weighted by Gasteiger charge is -2.14. The first kappa shape index (κ1) is 16.3. The molecule has 118 valence electrons. The van der Waals surface area contributed by atoms with Crippen LogP contribution in [0.3, 0.4) is 0 Å². The number of ether oxygens (including phenoxy) is 1. The van der Waals surface area contributed by atoms with Gasteiger partial charge < -0.3 is 9.30 Å². The zero-order valence-corrected chi connectivity index (χ0v) is 14.2. The summed E-state index contributed by atoms with van der Waals surface area (Å²) in [4.78, 5) is 4.81. The van der Waals surface area contributed by atoms with Crippen molar-refractivity contribution < 1.29 is 4.74 Å². The molecule has 1 atom stereocenters. The van der Waals surface area contributed by atoms with Crippen LogP contribution in [0.5, 0.6) is 0 Å². The van der Waals surface area contributed by atoms with Gasteiger partial charge in [-0.25, -0.2) is 4.98 Å². The molecule has 2 aromatic rings. The van der Waals surface area contributed by atoms with Gasteiger partial charge in [-0.05, 0) is 12.3 Å². The zero-order valence-electron chi connectivity index (χ0n) is 13.4. The maximum atomic E-state index is 5.94. The molecule has 0 spiro atoms. The number of nitrogens with zero attached hydrogens (tertiary/aromatic N) is 4. The van der Waals surface area contributed by atoms with E-state index in [2.05, 4.69) is 23.5 Å². The van der Waals surface area contributed by atoms with E-state index in [0.717, 1.165) is 55.1 Å². The average molecular weight is 313 g/mol. The summed E-state index contributed by atoms with van der Waals surface area (Å²) in [5, 5.41) is 4.62. The molecule has 0 aliphatic rings. The molecule has 2 heterocycles. The Morgan fingerprint density at radius 2 is 2.10 bits per heavy atom. The molecule has 5 nitrogen and oxygen atoms in total. The monoisotopic (exact) mass is 312 g/mol. The number of methoxy groups -OCH3 is 1. The summed E-state index contributed by atoms with van der Waals surface area (Å²) in [5.74, 6) is 2.05. The molecule has 0 saturated carbocycles. The molecule has 0 aliphatic heterocycles. The predicted molar refractivity (Wildman–Crippen MR) is 86.0 cm³/mol. The Bertz CT molecular complexity index is 590. The van der Waals surface area contributed by atoms with Crippen LogP contribution >= 0.6 is 11.6 Å². The Kier molecular flexibility index (Phi) is 5.65. The van der Waals surface area contributed by atoms with Gasteiger partial charge in [-0.15, -0.1) is 11.6 Å². The number of halogens is 1. The predicted octanol–water partition coefficient (Wildman–Crippen LogP) is 2.79. The van der Waals surface area contributed by atoms with Gasteiger partial charge >= 0.3 is 0 Å². The lowest BCUT2D eigenvalue weighted by atomic mass is 10.2. The maximum Gasteiger partial charge on any atom is 0.158 e. The second-order valence-electron chi connectivity index (χ2n) is 5.63. The average Bonchev–Trinajstić information content (AvgIpc) is 2.91. The second kappa shape index (κ2) is 7.27. The third kappa shape index (κ3) is 3.40. The van der Waals surface area contributed by atoms with Gasteiger partial charge in [-0.2, -0.15) is 5.10 Å². The molecular weight excluding hydrogens is 288 g/mol. The Hall–Kier alpha value is -1.07. The van der Waals surface area contributed by atoms with Crippen LogP contribution in [0.2, 0.25) is 0 Å². The van der Waals surface area contributed by atoms with Gasteiger partial charge in [0, 0.05) is 33.0 Å². The second-order valence-corrected chi connectivity index (χ2v) is 6.01. The molecule has 6 heteroatoms. The fourth-order valence-corrected chi connectivity index (χ4v) is 2.98. The first-order valence-corrected chi connectivity index (χ1v) is 8.11. The van der Waals surface area contributed by atoms with Crippen LogP contribution in [0.1, 0.15) is 31.8 Å². The topological polar surface area (TPSA) is 44.9 Å². The van der Waals surface area contributed by atoms with E-state index in [1.165, 1.54) is 0 Å². The highest BCUT2D eigenvalue weighted by molar-refractivity contribution is 6.17. The smallest absolute Gasteiger partial charge is 0.158 e. The summed E-state index contributed by atoms with van der Waals surface area (Å²) in [6, 6.07) is 0. The molecule has 0 radical (unpaired) electrons. The summed E-state index contributed by atoms with van der Waals surface area (Å²) in [5.41, 5.74) is 3.22. The summed E-state index contributed by atoms with van der Waals surface area (Å²) < 4.78 is 9.46. The van der Waals surface area contributed by atoms with E-state index < -0.39 is 0 Å². The SMILES string of the molecule is CCCc1nn(C)c2c1nc(CCCl)n2CC(C)COC. The van der Waals surface area contributed by atoms with Crippen LogP contribution in [0.25, 0.3) is 11.2 Å². The first-order chi connectivity index (χ1) is 10.1. The summed E-state index contributed by atoms with van der Waals surface area (Å²) in [6.07, 6.45) is 2.81. The Morgan fingerprint density at radius 1 is 1.33 bits per heavy atom. The normalized spacial score (nSPS) is 13.2. The zero-order chi connectivity index (χ0) is 15.4. The minimum atomic E-state index is 0.422. The van der Waals surface area contributed by atoms with Crippen LogP contribution in [-0.2, 0) is 31.2 Å². The van der Waals surface area contributed by atoms with Gasteiger partial charge in [0.15, 0.2) is 5.65 Å². The van der Waals surface area contributed by atoms with Crippen molar-refractivity contribution in [1.82, 2.24) is 19.3 Å². The van der Waals surface area contributed by atoms with Crippen LogP contribution in [-0.4, -0.2) is 38.9 Å². The molecular formula is C15H25ClN4O. The van der Waals surface area contributed by atoms with Crippen molar-refractivity contribution in [2.75, 3.05) is 19.6 Å². The highest BCUT2D eigenvalue weighted by atomic mass is 35.5. The third-order valence-corrected chi connectivity index (χ3v) is 3.81. The Morgan fingerprint density at radius 3 is 2.71 bits per heavy atom. The minimum Gasteiger partial charge on any atom is -0.384 e. The molecule has 0 amide bonds. The van der Waals surface area contributed by atoms with E-state index in [1.54, 1.807) is 7.11 Å². The van der Waals surface area contributed by atoms with Crippen LogP contribution in [0.15, 0.2) is 0 Å². The molecule has 0 bridgehead atoms. The molecule has 0 aliphatic carbocycles.